The third-order valence-electron chi connectivity index (χ3n) is 5.96. The van der Waals surface area contributed by atoms with Crippen LogP contribution in [-0.2, 0) is 16.1 Å². The summed E-state index contributed by atoms with van der Waals surface area (Å²) in [6.45, 7) is 2.56. The summed E-state index contributed by atoms with van der Waals surface area (Å²) in [7, 11) is 3.10. The minimum Gasteiger partial charge on any atom is -0.507 e. The SMILES string of the molecule is CCOc1cccc(CN2C(=O)C(=O)/C(=C(\O)c3ccc(OC)c(Br)c3)C2c2ccc(OC)cc2)c1. The predicted octanol–water partition coefficient (Wildman–Crippen LogP) is 5.49. The molecule has 1 fully saturated rings. The highest BCUT2D eigenvalue weighted by atomic mass is 79.9. The number of methoxy groups -OCH3 is 2. The van der Waals surface area contributed by atoms with Gasteiger partial charge in [0.1, 0.15) is 23.0 Å². The smallest absolute Gasteiger partial charge is 0.295 e. The second kappa shape index (κ2) is 10.9. The number of rotatable bonds is 8. The number of benzene rings is 3. The Morgan fingerprint density at radius 2 is 1.72 bits per heavy atom. The van der Waals surface area contributed by atoms with Gasteiger partial charge in [-0.2, -0.15) is 0 Å². The highest BCUT2D eigenvalue weighted by Gasteiger charge is 2.46. The molecule has 1 heterocycles. The van der Waals surface area contributed by atoms with Crippen LogP contribution in [0.4, 0.5) is 0 Å². The second-order valence-corrected chi connectivity index (χ2v) is 8.98. The number of ether oxygens (including phenoxy) is 3. The summed E-state index contributed by atoms with van der Waals surface area (Å²) in [6, 6.07) is 18.7. The van der Waals surface area contributed by atoms with E-state index in [-0.39, 0.29) is 17.9 Å². The molecule has 0 aromatic heterocycles. The summed E-state index contributed by atoms with van der Waals surface area (Å²) in [4.78, 5) is 28.1. The van der Waals surface area contributed by atoms with Crippen LogP contribution in [0.5, 0.6) is 17.2 Å². The van der Waals surface area contributed by atoms with Crippen LogP contribution in [0.2, 0.25) is 0 Å². The molecule has 3 aromatic carbocycles. The van der Waals surface area contributed by atoms with E-state index in [0.29, 0.717) is 39.5 Å². The standard InChI is InChI=1S/C28H26BrNO6/c1-4-36-21-7-5-6-17(14-21)16-30-25(18-8-11-20(34-2)12-9-18)24(27(32)28(30)33)26(31)19-10-13-23(35-3)22(29)15-19/h5-15,25,31H,4,16H2,1-3H3/b26-24-. The summed E-state index contributed by atoms with van der Waals surface area (Å²) >= 11 is 3.42. The Balaban J connectivity index is 1.83. The van der Waals surface area contributed by atoms with Gasteiger partial charge in [0, 0.05) is 12.1 Å². The number of carbonyl (C=O) groups is 2. The summed E-state index contributed by atoms with van der Waals surface area (Å²) in [6.07, 6.45) is 0. The number of carbonyl (C=O) groups excluding carboxylic acids is 2. The van der Waals surface area contributed by atoms with E-state index in [1.54, 1.807) is 49.6 Å². The van der Waals surface area contributed by atoms with Gasteiger partial charge in [-0.25, -0.2) is 0 Å². The van der Waals surface area contributed by atoms with Gasteiger partial charge in [-0.3, -0.25) is 9.59 Å². The van der Waals surface area contributed by atoms with E-state index in [4.69, 9.17) is 14.2 Å². The number of aliphatic hydroxyl groups excluding tert-OH is 1. The van der Waals surface area contributed by atoms with Crippen molar-refractivity contribution in [2.45, 2.75) is 19.5 Å². The van der Waals surface area contributed by atoms with E-state index < -0.39 is 17.7 Å². The Labute approximate surface area is 218 Å². The van der Waals surface area contributed by atoms with Crippen molar-refractivity contribution in [1.29, 1.82) is 0 Å². The van der Waals surface area contributed by atoms with Crippen LogP contribution in [0.25, 0.3) is 5.76 Å². The normalized spacial score (nSPS) is 16.8. The highest BCUT2D eigenvalue weighted by Crippen LogP contribution is 2.41. The molecule has 0 spiro atoms. The van der Waals surface area contributed by atoms with Gasteiger partial charge in [-0.15, -0.1) is 0 Å². The number of halogens is 1. The lowest BCUT2D eigenvalue weighted by Crippen LogP contribution is -2.29. The Kier molecular flexibility index (Phi) is 7.64. The lowest BCUT2D eigenvalue weighted by atomic mass is 9.95. The third kappa shape index (κ3) is 4.95. The molecule has 0 saturated carbocycles. The summed E-state index contributed by atoms with van der Waals surface area (Å²) in [5.41, 5.74) is 1.87. The fraction of sp³-hybridized carbons (Fsp3) is 0.214. The van der Waals surface area contributed by atoms with Crippen molar-refractivity contribution in [3.05, 3.63) is 93.5 Å². The molecule has 1 amide bonds. The molecule has 1 aliphatic rings. The van der Waals surface area contributed by atoms with E-state index in [9.17, 15) is 14.7 Å². The fourth-order valence-electron chi connectivity index (χ4n) is 4.24. The quantitative estimate of drug-likeness (QED) is 0.226. The predicted molar refractivity (Wildman–Crippen MR) is 139 cm³/mol. The largest absolute Gasteiger partial charge is 0.507 e. The van der Waals surface area contributed by atoms with E-state index in [2.05, 4.69) is 15.9 Å². The zero-order valence-corrected chi connectivity index (χ0v) is 21.7. The monoisotopic (exact) mass is 551 g/mol. The van der Waals surface area contributed by atoms with Gasteiger partial charge in [-0.05, 0) is 76.4 Å². The van der Waals surface area contributed by atoms with Gasteiger partial charge in [0.25, 0.3) is 11.7 Å². The number of nitrogens with zero attached hydrogens (tertiary/aromatic N) is 1. The first-order valence-electron chi connectivity index (χ1n) is 11.4. The maximum Gasteiger partial charge on any atom is 0.295 e. The van der Waals surface area contributed by atoms with Crippen molar-refractivity contribution in [1.82, 2.24) is 4.90 Å². The average molecular weight is 552 g/mol. The molecule has 7 nitrogen and oxygen atoms in total. The first-order valence-corrected chi connectivity index (χ1v) is 12.1. The molecule has 1 aliphatic heterocycles. The molecular formula is C28H26BrNO6. The van der Waals surface area contributed by atoms with E-state index in [1.807, 2.05) is 31.2 Å². The van der Waals surface area contributed by atoms with Crippen LogP contribution in [-0.4, -0.2) is 42.5 Å². The molecule has 36 heavy (non-hydrogen) atoms. The number of Topliss-reactive ketones (excluding diaryl/α,β-unsaturated/α-hetero) is 1. The van der Waals surface area contributed by atoms with Gasteiger partial charge in [0.05, 0.1) is 36.9 Å². The summed E-state index contributed by atoms with van der Waals surface area (Å²) in [5.74, 6) is 0.193. The minimum atomic E-state index is -0.799. The fourth-order valence-corrected chi connectivity index (χ4v) is 4.78. The van der Waals surface area contributed by atoms with Crippen molar-refractivity contribution < 1.29 is 28.9 Å². The van der Waals surface area contributed by atoms with E-state index in [1.165, 1.54) is 12.0 Å². The first-order chi connectivity index (χ1) is 17.4. The Morgan fingerprint density at radius 3 is 2.36 bits per heavy atom. The zero-order valence-electron chi connectivity index (χ0n) is 20.2. The van der Waals surface area contributed by atoms with Gasteiger partial charge < -0.3 is 24.2 Å². The van der Waals surface area contributed by atoms with Crippen molar-refractivity contribution in [3.63, 3.8) is 0 Å². The Bertz CT molecular complexity index is 1320. The van der Waals surface area contributed by atoms with Crippen LogP contribution in [0, 0.1) is 0 Å². The van der Waals surface area contributed by atoms with Gasteiger partial charge >= 0.3 is 0 Å². The van der Waals surface area contributed by atoms with Crippen LogP contribution in [0.1, 0.15) is 29.7 Å². The van der Waals surface area contributed by atoms with Crippen LogP contribution in [0.3, 0.4) is 0 Å². The van der Waals surface area contributed by atoms with Gasteiger partial charge in [0.2, 0.25) is 0 Å². The van der Waals surface area contributed by atoms with Crippen molar-refractivity contribution in [2.24, 2.45) is 0 Å². The highest BCUT2D eigenvalue weighted by molar-refractivity contribution is 9.10. The van der Waals surface area contributed by atoms with E-state index >= 15 is 0 Å². The van der Waals surface area contributed by atoms with Gasteiger partial charge in [-0.1, -0.05) is 24.3 Å². The molecule has 3 aromatic rings. The number of hydrogen-bond donors (Lipinski definition) is 1. The Morgan fingerprint density at radius 1 is 0.972 bits per heavy atom. The summed E-state index contributed by atoms with van der Waals surface area (Å²) < 4.78 is 16.7. The molecular weight excluding hydrogens is 526 g/mol. The number of likely N-dealkylation sites (tertiary alicyclic amines) is 1. The Hall–Kier alpha value is -3.78. The molecule has 8 heteroatoms. The molecule has 4 rings (SSSR count). The third-order valence-corrected chi connectivity index (χ3v) is 6.58. The van der Waals surface area contributed by atoms with Gasteiger partial charge in [0.15, 0.2) is 0 Å². The number of aliphatic hydroxyl groups is 1. The van der Waals surface area contributed by atoms with Crippen LogP contribution in [0.15, 0.2) is 76.8 Å². The molecule has 0 radical (unpaired) electrons. The van der Waals surface area contributed by atoms with Crippen LogP contribution >= 0.6 is 15.9 Å². The topological polar surface area (TPSA) is 85.3 Å². The number of ketones is 1. The lowest BCUT2D eigenvalue weighted by Gasteiger charge is -2.26. The van der Waals surface area contributed by atoms with Crippen molar-refractivity contribution in [3.8, 4) is 17.2 Å². The molecule has 1 unspecified atom stereocenters. The second-order valence-electron chi connectivity index (χ2n) is 8.13. The maximum atomic E-state index is 13.3. The lowest BCUT2D eigenvalue weighted by molar-refractivity contribution is -0.140. The molecule has 0 bridgehead atoms. The average Bonchev–Trinajstić information content (AvgIpc) is 3.13. The molecule has 1 atom stereocenters. The molecule has 1 N–H and O–H groups in total. The first kappa shape index (κ1) is 25.3. The van der Waals surface area contributed by atoms with Crippen molar-refractivity contribution in [2.75, 3.05) is 20.8 Å². The molecule has 0 aliphatic carbocycles. The molecule has 1 saturated heterocycles. The van der Waals surface area contributed by atoms with Crippen molar-refractivity contribution >= 4 is 33.4 Å². The number of amides is 1. The number of hydrogen-bond acceptors (Lipinski definition) is 6. The van der Waals surface area contributed by atoms with Crippen LogP contribution < -0.4 is 14.2 Å². The molecule has 186 valence electrons. The minimum absolute atomic E-state index is 0.0168. The zero-order chi connectivity index (χ0) is 25.8. The summed E-state index contributed by atoms with van der Waals surface area (Å²) in [5, 5.41) is 11.3. The van der Waals surface area contributed by atoms with E-state index in [0.717, 1.165) is 5.56 Å². The maximum absolute atomic E-state index is 13.3.